The van der Waals surface area contributed by atoms with Gasteiger partial charge in [-0.3, -0.25) is 4.79 Å². The molecule has 0 aliphatic carbocycles. The van der Waals surface area contributed by atoms with Gasteiger partial charge in [0.25, 0.3) is 0 Å². The molecule has 0 spiro atoms. The summed E-state index contributed by atoms with van der Waals surface area (Å²) in [5, 5.41) is 0. The van der Waals surface area contributed by atoms with Crippen molar-refractivity contribution in [2.45, 2.75) is 37.6 Å². The first kappa shape index (κ1) is 20.5. The van der Waals surface area contributed by atoms with Crippen molar-refractivity contribution in [3.63, 3.8) is 0 Å². The van der Waals surface area contributed by atoms with Gasteiger partial charge in [0.1, 0.15) is 5.82 Å². The van der Waals surface area contributed by atoms with E-state index < -0.39 is 15.8 Å². The summed E-state index contributed by atoms with van der Waals surface area (Å²) in [7, 11) is -2.07. The molecule has 6 nitrogen and oxygen atoms in total. The Labute approximate surface area is 143 Å². The van der Waals surface area contributed by atoms with Crippen LogP contribution in [-0.2, 0) is 14.8 Å². The number of nitrogens with zero attached hydrogens (tertiary/aromatic N) is 1. The molecule has 1 rings (SSSR count). The number of hydrogen-bond acceptors (Lipinski definition) is 4. The highest BCUT2D eigenvalue weighted by Gasteiger charge is 2.16. The molecule has 1 aromatic rings. The number of carbonyl (C=O) groups excluding carboxylic acids is 1. The van der Waals surface area contributed by atoms with Gasteiger partial charge in [0.2, 0.25) is 15.9 Å². The monoisotopic (exact) mass is 359 g/mol. The third-order valence-electron chi connectivity index (χ3n) is 3.83. The molecule has 0 heterocycles. The Morgan fingerprint density at radius 2 is 1.88 bits per heavy atom. The molecule has 0 aliphatic heterocycles. The minimum absolute atomic E-state index is 0.0148. The summed E-state index contributed by atoms with van der Waals surface area (Å²) in [5.74, 6) is -0.325. The fourth-order valence-electron chi connectivity index (χ4n) is 1.98. The van der Waals surface area contributed by atoms with Gasteiger partial charge in [-0.25, -0.2) is 17.5 Å². The highest BCUT2D eigenvalue weighted by Crippen LogP contribution is 2.09. The SMILES string of the molecule is CC(C)C(N)CCN(C)C(=O)CCNS(=O)(=O)c1ccc(F)cc1. The lowest BCUT2D eigenvalue weighted by Crippen LogP contribution is -2.36. The first-order valence-electron chi connectivity index (χ1n) is 7.88. The molecule has 1 amide bonds. The number of rotatable bonds is 9. The largest absolute Gasteiger partial charge is 0.346 e. The Morgan fingerprint density at radius 3 is 2.42 bits per heavy atom. The summed E-state index contributed by atoms with van der Waals surface area (Å²) in [6.07, 6.45) is 0.745. The molecule has 0 fully saturated rings. The minimum Gasteiger partial charge on any atom is -0.346 e. The number of nitrogens with one attached hydrogen (secondary N) is 1. The second-order valence-corrected chi connectivity index (χ2v) is 7.88. The molecular weight excluding hydrogens is 333 g/mol. The zero-order valence-corrected chi connectivity index (χ0v) is 15.1. The van der Waals surface area contributed by atoms with Crippen molar-refractivity contribution < 1.29 is 17.6 Å². The smallest absolute Gasteiger partial charge is 0.240 e. The Morgan fingerprint density at radius 1 is 1.29 bits per heavy atom. The number of hydrogen-bond donors (Lipinski definition) is 2. The standard InChI is InChI=1S/C16H26FN3O3S/c1-12(2)15(18)9-11-20(3)16(21)8-10-19-24(22,23)14-6-4-13(17)5-7-14/h4-7,12,15,19H,8-11,18H2,1-3H3. The molecule has 0 radical (unpaired) electrons. The lowest BCUT2D eigenvalue weighted by atomic mass is 10.0. The fraction of sp³-hybridized carbons (Fsp3) is 0.562. The topological polar surface area (TPSA) is 92.5 Å². The van der Waals surface area contributed by atoms with Crippen molar-refractivity contribution in [2.75, 3.05) is 20.1 Å². The van der Waals surface area contributed by atoms with E-state index in [1.54, 1.807) is 11.9 Å². The molecule has 136 valence electrons. The van der Waals surface area contributed by atoms with Crippen LogP contribution in [0.15, 0.2) is 29.2 Å². The van der Waals surface area contributed by atoms with E-state index in [2.05, 4.69) is 4.72 Å². The normalized spacial score (nSPS) is 13.1. The fourth-order valence-corrected chi connectivity index (χ4v) is 3.01. The number of halogens is 1. The summed E-state index contributed by atoms with van der Waals surface area (Å²) in [6.45, 7) is 4.56. The maximum Gasteiger partial charge on any atom is 0.240 e. The number of benzene rings is 1. The molecule has 3 N–H and O–H groups in total. The van der Waals surface area contributed by atoms with Gasteiger partial charge >= 0.3 is 0 Å². The Hall–Kier alpha value is -1.51. The summed E-state index contributed by atoms with van der Waals surface area (Å²) >= 11 is 0. The lowest BCUT2D eigenvalue weighted by molar-refractivity contribution is -0.129. The molecule has 1 unspecified atom stereocenters. The van der Waals surface area contributed by atoms with Crippen LogP contribution in [-0.4, -0.2) is 45.4 Å². The molecular formula is C16H26FN3O3S. The van der Waals surface area contributed by atoms with Crippen LogP contribution in [0.2, 0.25) is 0 Å². The lowest BCUT2D eigenvalue weighted by Gasteiger charge is -2.21. The summed E-state index contributed by atoms with van der Waals surface area (Å²) < 4.78 is 39.2. The third-order valence-corrected chi connectivity index (χ3v) is 5.31. The first-order chi connectivity index (χ1) is 11.1. The second kappa shape index (κ2) is 9.10. The molecule has 1 atom stereocenters. The number of carbonyl (C=O) groups is 1. The number of nitrogens with two attached hydrogens (primary N) is 1. The zero-order valence-electron chi connectivity index (χ0n) is 14.3. The highest BCUT2D eigenvalue weighted by molar-refractivity contribution is 7.89. The van der Waals surface area contributed by atoms with E-state index in [-0.39, 0.29) is 29.8 Å². The Kier molecular flexibility index (Phi) is 7.78. The van der Waals surface area contributed by atoms with Crippen LogP contribution in [0.5, 0.6) is 0 Å². The van der Waals surface area contributed by atoms with E-state index in [1.807, 2.05) is 13.8 Å². The van der Waals surface area contributed by atoms with Crippen LogP contribution in [0.25, 0.3) is 0 Å². The predicted octanol–water partition coefficient (Wildman–Crippen LogP) is 1.33. The molecule has 0 aliphatic rings. The molecule has 0 aromatic heterocycles. The Bertz CT molecular complexity index is 632. The van der Waals surface area contributed by atoms with Gasteiger partial charge < -0.3 is 10.6 Å². The van der Waals surface area contributed by atoms with Crippen LogP contribution < -0.4 is 10.5 Å². The van der Waals surface area contributed by atoms with Crippen molar-refractivity contribution in [3.8, 4) is 0 Å². The van der Waals surface area contributed by atoms with E-state index in [0.717, 1.165) is 12.1 Å². The second-order valence-electron chi connectivity index (χ2n) is 6.11. The van der Waals surface area contributed by atoms with Gasteiger partial charge in [-0.05, 0) is 36.6 Å². The quantitative estimate of drug-likeness (QED) is 0.696. The first-order valence-corrected chi connectivity index (χ1v) is 9.36. The summed E-state index contributed by atoms with van der Waals surface area (Å²) in [5.41, 5.74) is 5.94. The molecule has 0 saturated heterocycles. The zero-order chi connectivity index (χ0) is 18.3. The maximum absolute atomic E-state index is 12.8. The maximum atomic E-state index is 12.8. The Balaban J connectivity index is 2.43. The van der Waals surface area contributed by atoms with E-state index in [1.165, 1.54) is 12.1 Å². The van der Waals surface area contributed by atoms with Gasteiger partial charge in [0, 0.05) is 32.6 Å². The van der Waals surface area contributed by atoms with Crippen LogP contribution in [0.3, 0.4) is 0 Å². The minimum atomic E-state index is -3.74. The number of amides is 1. The average molecular weight is 359 g/mol. The third kappa shape index (κ3) is 6.54. The molecule has 8 heteroatoms. The van der Waals surface area contributed by atoms with Crippen molar-refractivity contribution in [2.24, 2.45) is 11.7 Å². The molecule has 24 heavy (non-hydrogen) atoms. The van der Waals surface area contributed by atoms with Crippen molar-refractivity contribution in [1.82, 2.24) is 9.62 Å². The van der Waals surface area contributed by atoms with E-state index in [0.29, 0.717) is 18.9 Å². The van der Waals surface area contributed by atoms with Crippen LogP contribution >= 0.6 is 0 Å². The number of sulfonamides is 1. The van der Waals surface area contributed by atoms with Gasteiger partial charge in [-0.15, -0.1) is 0 Å². The van der Waals surface area contributed by atoms with Gasteiger partial charge in [-0.1, -0.05) is 13.8 Å². The van der Waals surface area contributed by atoms with Gasteiger partial charge in [0.15, 0.2) is 0 Å². The molecule has 1 aromatic carbocycles. The van der Waals surface area contributed by atoms with Gasteiger partial charge in [-0.2, -0.15) is 0 Å². The van der Waals surface area contributed by atoms with E-state index in [9.17, 15) is 17.6 Å². The molecule has 0 saturated carbocycles. The van der Waals surface area contributed by atoms with Gasteiger partial charge in [0.05, 0.1) is 4.90 Å². The summed E-state index contributed by atoms with van der Waals surface area (Å²) in [4.78, 5) is 13.5. The van der Waals surface area contributed by atoms with Crippen LogP contribution in [0.1, 0.15) is 26.7 Å². The van der Waals surface area contributed by atoms with Crippen molar-refractivity contribution >= 4 is 15.9 Å². The molecule has 0 bridgehead atoms. The van der Waals surface area contributed by atoms with Crippen molar-refractivity contribution in [1.29, 1.82) is 0 Å². The van der Waals surface area contributed by atoms with E-state index >= 15 is 0 Å². The average Bonchev–Trinajstić information content (AvgIpc) is 2.52. The van der Waals surface area contributed by atoms with Crippen LogP contribution in [0, 0.1) is 11.7 Å². The highest BCUT2D eigenvalue weighted by atomic mass is 32.2. The van der Waals surface area contributed by atoms with E-state index in [4.69, 9.17) is 5.73 Å². The predicted molar refractivity (Wildman–Crippen MR) is 91.3 cm³/mol. The summed E-state index contributed by atoms with van der Waals surface area (Å²) in [6, 6.07) is 4.53. The van der Waals surface area contributed by atoms with Crippen molar-refractivity contribution in [3.05, 3.63) is 30.1 Å². The van der Waals surface area contributed by atoms with Crippen LogP contribution in [0.4, 0.5) is 4.39 Å².